The molecule has 0 bridgehead atoms. The quantitative estimate of drug-likeness (QED) is 0.143. The molecule has 232 valence electrons. The van der Waals surface area contributed by atoms with Gasteiger partial charge in [0.05, 0.1) is 16.4 Å². The Morgan fingerprint density at radius 3 is 2.27 bits per heavy atom. The lowest BCUT2D eigenvalue weighted by atomic mass is 9.88. The highest BCUT2D eigenvalue weighted by molar-refractivity contribution is 6.17. The van der Waals surface area contributed by atoms with Crippen LogP contribution in [0.25, 0.3) is 82.8 Å². The van der Waals surface area contributed by atoms with Gasteiger partial charge in [0.1, 0.15) is 5.82 Å². The first-order valence-electron chi connectivity index (χ1n) is 16.9. The van der Waals surface area contributed by atoms with Crippen molar-refractivity contribution in [3.05, 3.63) is 158 Å². The van der Waals surface area contributed by atoms with Crippen LogP contribution in [0.3, 0.4) is 0 Å². The third kappa shape index (κ3) is 4.45. The maximum Gasteiger partial charge on any atom is 0.255 e. The minimum atomic E-state index is 0.138. The van der Waals surface area contributed by atoms with Gasteiger partial charge in [0.25, 0.3) is 5.52 Å². The van der Waals surface area contributed by atoms with Crippen LogP contribution in [0.4, 0.5) is 0 Å². The number of rotatable bonds is 4. The molecular formula is C45H32N3O+. The Morgan fingerprint density at radius 2 is 1.37 bits per heavy atom. The van der Waals surface area contributed by atoms with Crippen LogP contribution < -0.4 is 9.30 Å². The summed E-state index contributed by atoms with van der Waals surface area (Å²) in [5, 5.41) is 6.16. The van der Waals surface area contributed by atoms with Crippen LogP contribution in [0.5, 0.6) is 5.75 Å². The fourth-order valence-electron chi connectivity index (χ4n) is 7.77. The number of hydrogen-bond donors (Lipinski definition) is 0. The number of hydrogen-bond acceptors (Lipinski definition) is 2. The van der Waals surface area contributed by atoms with Crippen molar-refractivity contribution in [2.24, 2.45) is 0 Å². The summed E-state index contributed by atoms with van der Waals surface area (Å²) >= 11 is 0. The molecule has 2 aromatic heterocycles. The van der Waals surface area contributed by atoms with E-state index in [0.29, 0.717) is 0 Å². The number of aromatic nitrogens is 3. The molecule has 0 saturated carbocycles. The molecule has 10 rings (SSSR count). The first-order valence-corrected chi connectivity index (χ1v) is 16.9. The summed E-state index contributed by atoms with van der Waals surface area (Å²) in [7, 11) is 0. The van der Waals surface area contributed by atoms with Gasteiger partial charge < -0.3 is 4.74 Å². The SMILES string of the molecule is CC1C[n+]2cccc3c(-c4c5ccccc5cc5ccc(-c6ccc(-c7nc8ccccc8n7-c7ccccc7)cc6)cc45)ccc(c32)O1. The van der Waals surface area contributed by atoms with E-state index in [0.717, 1.165) is 45.9 Å². The number of ether oxygens (including phenoxy) is 1. The van der Waals surface area contributed by atoms with Gasteiger partial charge in [-0.1, -0.05) is 91.0 Å². The number of fused-ring (bicyclic) bond motifs is 3. The number of pyridine rings is 1. The number of imidazole rings is 1. The minimum Gasteiger partial charge on any atom is -0.477 e. The Balaban J connectivity index is 1.14. The second-order valence-corrected chi connectivity index (χ2v) is 13.0. The first kappa shape index (κ1) is 27.8. The molecule has 0 radical (unpaired) electrons. The van der Waals surface area contributed by atoms with E-state index < -0.39 is 0 Å². The first-order chi connectivity index (χ1) is 24.2. The van der Waals surface area contributed by atoms with Crippen LogP contribution in [-0.2, 0) is 6.54 Å². The average molecular weight is 631 g/mol. The average Bonchev–Trinajstić information content (AvgIpc) is 3.54. The normalized spacial score (nSPS) is 14.1. The van der Waals surface area contributed by atoms with Crippen LogP contribution >= 0.6 is 0 Å². The predicted molar refractivity (Wildman–Crippen MR) is 200 cm³/mol. The van der Waals surface area contributed by atoms with Crippen molar-refractivity contribution in [2.75, 3.05) is 0 Å². The fraction of sp³-hybridized carbons (Fsp3) is 0.0667. The maximum absolute atomic E-state index is 6.31. The van der Waals surface area contributed by atoms with Crippen molar-refractivity contribution >= 4 is 43.5 Å². The zero-order chi connectivity index (χ0) is 32.5. The molecule has 1 unspecified atom stereocenters. The zero-order valence-electron chi connectivity index (χ0n) is 27.0. The Bertz CT molecular complexity index is 2720. The Morgan fingerprint density at radius 1 is 0.633 bits per heavy atom. The van der Waals surface area contributed by atoms with Gasteiger partial charge in [-0.15, -0.1) is 0 Å². The molecule has 0 saturated heterocycles. The molecule has 0 N–H and O–H groups in total. The van der Waals surface area contributed by atoms with Gasteiger partial charge in [-0.05, 0) is 105 Å². The Kier molecular flexibility index (Phi) is 6.18. The highest BCUT2D eigenvalue weighted by atomic mass is 16.5. The largest absolute Gasteiger partial charge is 0.477 e. The topological polar surface area (TPSA) is 30.9 Å². The van der Waals surface area contributed by atoms with E-state index in [9.17, 15) is 0 Å². The van der Waals surface area contributed by atoms with Crippen molar-refractivity contribution in [3.63, 3.8) is 0 Å². The fourth-order valence-corrected chi connectivity index (χ4v) is 7.77. The van der Waals surface area contributed by atoms with E-state index in [1.165, 1.54) is 49.2 Å². The van der Waals surface area contributed by atoms with E-state index in [4.69, 9.17) is 9.72 Å². The predicted octanol–water partition coefficient (Wildman–Crippen LogP) is 10.6. The molecule has 4 nitrogen and oxygen atoms in total. The van der Waals surface area contributed by atoms with Gasteiger partial charge in [0.2, 0.25) is 0 Å². The smallest absolute Gasteiger partial charge is 0.255 e. The lowest BCUT2D eigenvalue weighted by Gasteiger charge is -2.21. The molecule has 3 heterocycles. The lowest BCUT2D eigenvalue weighted by molar-refractivity contribution is -0.682. The number of para-hydroxylation sites is 3. The van der Waals surface area contributed by atoms with Crippen LogP contribution in [0.2, 0.25) is 0 Å². The van der Waals surface area contributed by atoms with Gasteiger partial charge >= 0.3 is 0 Å². The Hall–Kier alpha value is -6.26. The van der Waals surface area contributed by atoms with Gasteiger partial charge in [0.15, 0.2) is 24.6 Å². The lowest BCUT2D eigenvalue weighted by Crippen LogP contribution is -2.44. The number of benzene rings is 7. The monoisotopic (exact) mass is 630 g/mol. The summed E-state index contributed by atoms with van der Waals surface area (Å²) in [6, 6.07) is 54.4. The van der Waals surface area contributed by atoms with Crippen LogP contribution in [-0.4, -0.2) is 15.7 Å². The van der Waals surface area contributed by atoms with Crippen LogP contribution in [0.1, 0.15) is 6.92 Å². The standard InChI is InChI=1S/C45H32N3O/c1-29-28-47-25-9-14-38-37(23-24-42(49-29)44(38)47)43-36-13-6-5-10-33(36)26-34-22-21-32(27-39(34)43)30-17-19-31(20-18-30)45-46-40-15-7-8-16-41(40)48(45)35-11-3-2-4-12-35/h2-27,29H,28H2,1H3/q+1. The van der Waals surface area contributed by atoms with E-state index in [1.54, 1.807) is 0 Å². The summed E-state index contributed by atoms with van der Waals surface area (Å²) in [4.78, 5) is 5.08. The molecule has 4 heteroatoms. The van der Waals surface area contributed by atoms with E-state index >= 15 is 0 Å². The van der Waals surface area contributed by atoms with Crippen molar-refractivity contribution in [1.29, 1.82) is 0 Å². The van der Waals surface area contributed by atoms with Crippen LogP contribution in [0.15, 0.2) is 158 Å². The summed E-state index contributed by atoms with van der Waals surface area (Å²) in [6.07, 6.45) is 2.31. The highest BCUT2D eigenvalue weighted by Crippen LogP contribution is 2.43. The van der Waals surface area contributed by atoms with E-state index in [-0.39, 0.29) is 6.10 Å². The Labute approximate surface area is 284 Å². The molecular weight excluding hydrogens is 599 g/mol. The van der Waals surface area contributed by atoms with E-state index in [1.807, 2.05) is 6.07 Å². The maximum atomic E-state index is 6.31. The van der Waals surface area contributed by atoms with Gasteiger partial charge in [-0.25, -0.2) is 4.98 Å². The van der Waals surface area contributed by atoms with Gasteiger partial charge in [-0.3, -0.25) is 4.57 Å². The van der Waals surface area contributed by atoms with Gasteiger partial charge in [-0.2, -0.15) is 4.57 Å². The molecule has 7 aromatic carbocycles. The minimum absolute atomic E-state index is 0.138. The summed E-state index contributed by atoms with van der Waals surface area (Å²) in [5.41, 5.74) is 10.2. The molecule has 1 aliphatic rings. The van der Waals surface area contributed by atoms with E-state index in [2.05, 4.69) is 168 Å². The molecule has 0 spiro atoms. The molecule has 0 amide bonds. The molecule has 49 heavy (non-hydrogen) atoms. The van der Waals surface area contributed by atoms with Crippen LogP contribution in [0, 0.1) is 0 Å². The zero-order valence-corrected chi connectivity index (χ0v) is 27.0. The molecule has 0 aliphatic carbocycles. The van der Waals surface area contributed by atoms with Crippen molar-refractivity contribution in [2.45, 2.75) is 19.6 Å². The summed E-state index contributed by atoms with van der Waals surface area (Å²) in [5.74, 6) is 1.88. The van der Waals surface area contributed by atoms with Gasteiger partial charge in [0, 0.05) is 17.3 Å². The summed E-state index contributed by atoms with van der Waals surface area (Å²) < 4.78 is 10.9. The third-order valence-electron chi connectivity index (χ3n) is 9.96. The molecule has 0 fully saturated rings. The molecule has 9 aromatic rings. The molecule has 1 aliphatic heterocycles. The number of nitrogens with zero attached hydrogens (tertiary/aromatic N) is 3. The summed E-state index contributed by atoms with van der Waals surface area (Å²) in [6.45, 7) is 2.97. The molecule has 1 atom stereocenters. The highest BCUT2D eigenvalue weighted by Gasteiger charge is 2.27. The second-order valence-electron chi connectivity index (χ2n) is 13.0. The van der Waals surface area contributed by atoms with Crippen molar-refractivity contribution in [3.8, 4) is 45.1 Å². The third-order valence-corrected chi connectivity index (χ3v) is 9.96. The second kappa shape index (κ2) is 10.9. The van der Waals surface area contributed by atoms with Crippen molar-refractivity contribution in [1.82, 2.24) is 9.55 Å². The van der Waals surface area contributed by atoms with Crippen molar-refractivity contribution < 1.29 is 9.30 Å².